The first-order chi connectivity index (χ1) is 7.17. The van der Waals surface area contributed by atoms with Gasteiger partial charge in [0.05, 0.1) is 6.54 Å². The summed E-state index contributed by atoms with van der Waals surface area (Å²) in [5.74, 6) is -0.0139. The Morgan fingerprint density at radius 1 is 1.47 bits per heavy atom. The van der Waals surface area contributed by atoms with Crippen molar-refractivity contribution in [3.8, 4) is 0 Å². The first-order valence-electron chi connectivity index (χ1n) is 4.90. The molecule has 3 nitrogen and oxygen atoms in total. The van der Waals surface area contributed by atoms with Gasteiger partial charge >= 0.3 is 0 Å². The fourth-order valence-corrected chi connectivity index (χ4v) is 1.70. The summed E-state index contributed by atoms with van der Waals surface area (Å²) >= 11 is 3.42. The van der Waals surface area contributed by atoms with Gasteiger partial charge < -0.3 is 10.6 Å². The van der Waals surface area contributed by atoms with Crippen LogP contribution in [0.4, 0.5) is 5.69 Å². The molecule has 0 saturated heterocycles. The maximum Gasteiger partial charge on any atom is 0.239 e. The van der Waals surface area contributed by atoms with Crippen molar-refractivity contribution in [3.05, 3.63) is 28.2 Å². The molecule has 0 aliphatic heterocycles. The van der Waals surface area contributed by atoms with E-state index in [9.17, 15) is 4.79 Å². The van der Waals surface area contributed by atoms with Crippen LogP contribution in [0.1, 0.15) is 12.5 Å². The predicted octanol–water partition coefficient (Wildman–Crippen LogP) is 2.17. The predicted molar refractivity (Wildman–Crippen MR) is 66.1 cm³/mol. The van der Waals surface area contributed by atoms with Crippen molar-refractivity contribution in [2.75, 3.05) is 18.9 Å². The number of carbonyl (C=O) groups is 1. The van der Waals surface area contributed by atoms with E-state index in [-0.39, 0.29) is 5.91 Å². The fourth-order valence-electron chi connectivity index (χ4n) is 1.29. The Morgan fingerprint density at radius 3 is 2.80 bits per heavy atom. The molecule has 1 rings (SSSR count). The van der Waals surface area contributed by atoms with Gasteiger partial charge in [0.25, 0.3) is 0 Å². The standard InChI is InChI=1S/C11H15BrN2O/c1-3-8-6-9(12)4-5-10(8)14-7-11(15)13-2/h4-6,14H,3,7H2,1-2H3,(H,13,15). The van der Waals surface area contributed by atoms with Crippen LogP contribution in [0.5, 0.6) is 0 Å². The zero-order valence-corrected chi connectivity index (χ0v) is 10.5. The summed E-state index contributed by atoms with van der Waals surface area (Å²) in [6, 6.07) is 6.00. The van der Waals surface area contributed by atoms with Crippen LogP contribution < -0.4 is 10.6 Å². The van der Waals surface area contributed by atoms with Crippen LogP contribution in [0.25, 0.3) is 0 Å². The van der Waals surface area contributed by atoms with E-state index >= 15 is 0 Å². The topological polar surface area (TPSA) is 41.1 Å². The van der Waals surface area contributed by atoms with Crippen LogP contribution >= 0.6 is 15.9 Å². The fraction of sp³-hybridized carbons (Fsp3) is 0.364. The number of likely N-dealkylation sites (N-methyl/N-ethyl adjacent to an activating group) is 1. The van der Waals surface area contributed by atoms with Crippen LogP contribution in [-0.4, -0.2) is 19.5 Å². The monoisotopic (exact) mass is 270 g/mol. The summed E-state index contributed by atoms with van der Waals surface area (Å²) in [6.07, 6.45) is 0.940. The van der Waals surface area contributed by atoms with E-state index in [1.807, 2.05) is 12.1 Å². The van der Waals surface area contributed by atoms with Gasteiger partial charge in [0, 0.05) is 17.2 Å². The van der Waals surface area contributed by atoms with E-state index in [4.69, 9.17) is 0 Å². The minimum Gasteiger partial charge on any atom is -0.376 e. The lowest BCUT2D eigenvalue weighted by Gasteiger charge is -2.10. The number of nitrogens with one attached hydrogen (secondary N) is 2. The molecule has 0 bridgehead atoms. The molecule has 0 radical (unpaired) electrons. The lowest BCUT2D eigenvalue weighted by atomic mass is 10.1. The molecule has 0 unspecified atom stereocenters. The van der Waals surface area contributed by atoms with Crippen LogP contribution in [0, 0.1) is 0 Å². The van der Waals surface area contributed by atoms with Gasteiger partial charge in [-0.25, -0.2) is 0 Å². The first kappa shape index (κ1) is 12.0. The highest BCUT2D eigenvalue weighted by Crippen LogP contribution is 2.21. The molecule has 0 spiro atoms. The molecule has 1 amide bonds. The van der Waals surface area contributed by atoms with E-state index in [0.29, 0.717) is 6.54 Å². The van der Waals surface area contributed by atoms with Gasteiger partial charge in [-0.1, -0.05) is 22.9 Å². The number of amides is 1. The number of benzene rings is 1. The lowest BCUT2D eigenvalue weighted by Crippen LogP contribution is -2.26. The Kier molecular flexibility index (Phi) is 4.62. The van der Waals surface area contributed by atoms with Crippen LogP contribution in [0.3, 0.4) is 0 Å². The summed E-state index contributed by atoms with van der Waals surface area (Å²) in [6.45, 7) is 2.40. The summed E-state index contributed by atoms with van der Waals surface area (Å²) in [5, 5.41) is 5.68. The van der Waals surface area contributed by atoms with Gasteiger partial charge in [-0.15, -0.1) is 0 Å². The van der Waals surface area contributed by atoms with Crippen molar-refractivity contribution >= 4 is 27.5 Å². The van der Waals surface area contributed by atoms with Crippen molar-refractivity contribution in [1.82, 2.24) is 5.32 Å². The third-order valence-corrected chi connectivity index (χ3v) is 2.66. The third-order valence-electron chi connectivity index (χ3n) is 2.17. The molecular weight excluding hydrogens is 256 g/mol. The third kappa shape index (κ3) is 3.55. The summed E-state index contributed by atoms with van der Waals surface area (Å²) < 4.78 is 1.06. The van der Waals surface area contributed by atoms with Gasteiger partial charge in [-0.05, 0) is 30.2 Å². The number of anilines is 1. The van der Waals surface area contributed by atoms with E-state index in [1.54, 1.807) is 7.05 Å². The van der Waals surface area contributed by atoms with E-state index < -0.39 is 0 Å². The molecule has 1 aromatic rings. The number of halogens is 1. The smallest absolute Gasteiger partial charge is 0.239 e. The Balaban J connectivity index is 2.72. The molecule has 0 saturated carbocycles. The van der Waals surface area contributed by atoms with Gasteiger partial charge in [0.15, 0.2) is 0 Å². The molecule has 0 aliphatic carbocycles. The number of rotatable bonds is 4. The molecule has 15 heavy (non-hydrogen) atoms. The van der Waals surface area contributed by atoms with E-state index in [0.717, 1.165) is 16.6 Å². The van der Waals surface area contributed by atoms with Crippen LogP contribution in [-0.2, 0) is 11.2 Å². The zero-order valence-electron chi connectivity index (χ0n) is 8.93. The normalized spacial score (nSPS) is 9.80. The Bertz CT molecular complexity index is 352. The highest BCUT2D eigenvalue weighted by Gasteiger charge is 2.03. The van der Waals surface area contributed by atoms with Crippen molar-refractivity contribution in [3.63, 3.8) is 0 Å². The first-order valence-corrected chi connectivity index (χ1v) is 5.69. The number of hydrogen-bond donors (Lipinski definition) is 2. The summed E-state index contributed by atoms with van der Waals surface area (Å²) in [7, 11) is 1.63. The highest BCUT2D eigenvalue weighted by atomic mass is 79.9. The molecule has 0 atom stereocenters. The van der Waals surface area contributed by atoms with Gasteiger partial charge in [0.2, 0.25) is 5.91 Å². The number of carbonyl (C=O) groups excluding carboxylic acids is 1. The zero-order chi connectivity index (χ0) is 11.3. The van der Waals surface area contributed by atoms with Crippen molar-refractivity contribution in [2.24, 2.45) is 0 Å². The maximum absolute atomic E-state index is 11.1. The summed E-state index contributed by atoms with van der Waals surface area (Å²) in [4.78, 5) is 11.1. The molecule has 82 valence electrons. The average molecular weight is 271 g/mol. The highest BCUT2D eigenvalue weighted by molar-refractivity contribution is 9.10. The van der Waals surface area contributed by atoms with Crippen molar-refractivity contribution < 1.29 is 4.79 Å². The van der Waals surface area contributed by atoms with Crippen molar-refractivity contribution in [2.45, 2.75) is 13.3 Å². The van der Waals surface area contributed by atoms with Gasteiger partial charge in [0.1, 0.15) is 0 Å². The molecule has 4 heteroatoms. The van der Waals surface area contributed by atoms with E-state index in [2.05, 4.69) is 39.6 Å². The Hall–Kier alpha value is -1.03. The molecule has 1 aromatic carbocycles. The van der Waals surface area contributed by atoms with Gasteiger partial charge in [-0.2, -0.15) is 0 Å². The second-order valence-corrected chi connectivity index (χ2v) is 4.10. The Morgan fingerprint density at radius 2 is 2.20 bits per heavy atom. The minimum absolute atomic E-state index is 0.0139. The molecule has 0 aliphatic rings. The lowest BCUT2D eigenvalue weighted by molar-refractivity contribution is -0.118. The number of aryl methyl sites for hydroxylation is 1. The second-order valence-electron chi connectivity index (χ2n) is 3.18. The average Bonchev–Trinajstić information content (AvgIpc) is 2.26. The Labute approximate surface area is 98.4 Å². The van der Waals surface area contributed by atoms with Crippen LogP contribution in [0.2, 0.25) is 0 Å². The summed E-state index contributed by atoms with van der Waals surface area (Å²) in [5.41, 5.74) is 2.22. The molecule has 0 heterocycles. The largest absolute Gasteiger partial charge is 0.376 e. The van der Waals surface area contributed by atoms with Gasteiger partial charge in [-0.3, -0.25) is 4.79 Å². The number of hydrogen-bond acceptors (Lipinski definition) is 2. The SMILES string of the molecule is CCc1cc(Br)ccc1NCC(=O)NC. The van der Waals surface area contributed by atoms with Crippen LogP contribution in [0.15, 0.2) is 22.7 Å². The molecule has 0 aromatic heterocycles. The molecular formula is C11H15BrN2O. The maximum atomic E-state index is 11.1. The second kappa shape index (κ2) is 5.75. The van der Waals surface area contributed by atoms with Crippen molar-refractivity contribution in [1.29, 1.82) is 0 Å². The molecule has 2 N–H and O–H groups in total. The van der Waals surface area contributed by atoms with E-state index in [1.165, 1.54) is 5.56 Å². The quantitative estimate of drug-likeness (QED) is 0.881. The molecule has 0 fully saturated rings. The minimum atomic E-state index is -0.0139.